The second kappa shape index (κ2) is 6.56. The first-order chi connectivity index (χ1) is 9.26. The van der Waals surface area contributed by atoms with Crippen LogP contribution in [0.5, 0.6) is 5.75 Å². The van der Waals surface area contributed by atoms with E-state index in [1.54, 1.807) is 0 Å². The van der Waals surface area contributed by atoms with Crippen molar-refractivity contribution in [2.24, 2.45) is 5.73 Å². The Morgan fingerprint density at radius 2 is 1.95 bits per heavy atom. The predicted octanol–water partition coefficient (Wildman–Crippen LogP) is 2.49. The number of para-hydroxylation sites is 1. The molecule has 4 nitrogen and oxygen atoms in total. The second-order valence-corrected chi connectivity index (χ2v) is 3.77. The van der Waals surface area contributed by atoms with Crippen LogP contribution in [0.25, 0.3) is 0 Å². The molecule has 8 heteroatoms. The summed E-state index contributed by atoms with van der Waals surface area (Å²) in [5, 5.41) is 0. The van der Waals surface area contributed by atoms with Crippen molar-refractivity contribution in [2.45, 2.75) is 25.5 Å². The lowest BCUT2D eigenvalue weighted by molar-refractivity contribution is -0.275. The molecule has 0 aliphatic rings. The summed E-state index contributed by atoms with van der Waals surface area (Å²) in [4.78, 5) is 11.2. The average molecular weight is 295 g/mol. The highest BCUT2D eigenvalue weighted by Crippen LogP contribution is 2.31. The molecule has 0 radical (unpaired) electrons. The third-order valence-corrected chi connectivity index (χ3v) is 2.33. The van der Waals surface area contributed by atoms with Crippen LogP contribution in [0.4, 0.5) is 17.6 Å². The maximum atomic E-state index is 13.7. The van der Waals surface area contributed by atoms with Gasteiger partial charge in [0.25, 0.3) is 0 Å². The number of benzene rings is 1. The number of carbonyl (C=O) groups is 1. The van der Waals surface area contributed by atoms with Crippen molar-refractivity contribution in [2.75, 3.05) is 6.61 Å². The first-order valence-electron chi connectivity index (χ1n) is 5.67. The van der Waals surface area contributed by atoms with Gasteiger partial charge in [-0.25, -0.2) is 9.18 Å². The van der Waals surface area contributed by atoms with Gasteiger partial charge < -0.3 is 15.2 Å². The van der Waals surface area contributed by atoms with Gasteiger partial charge in [-0.2, -0.15) is 0 Å². The zero-order valence-corrected chi connectivity index (χ0v) is 10.5. The molecule has 1 aromatic carbocycles. The Kier molecular flexibility index (Phi) is 5.32. The molecule has 0 aromatic heterocycles. The van der Waals surface area contributed by atoms with Crippen molar-refractivity contribution in [3.63, 3.8) is 0 Å². The van der Waals surface area contributed by atoms with E-state index in [1.807, 2.05) is 0 Å². The van der Waals surface area contributed by atoms with E-state index in [4.69, 9.17) is 5.73 Å². The van der Waals surface area contributed by atoms with Crippen LogP contribution < -0.4 is 10.5 Å². The molecular formula is C12H13F4NO3. The molecule has 1 aromatic rings. The summed E-state index contributed by atoms with van der Waals surface area (Å²) in [6, 6.07) is 3.15. The maximum Gasteiger partial charge on any atom is 0.573 e. The molecule has 20 heavy (non-hydrogen) atoms. The van der Waals surface area contributed by atoms with E-state index < -0.39 is 30.3 Å². The second-order valence-electron chi connectivity index (χ2n) is 3.77. The molecule has 2 atom stereocenters. The molecule has 1 rings (SSSR count). The standard InChI is InChI=1S/C12H13F4NO3/c1-2-19-11(18)9(13)10(17)7-5-3-4-6-8(7)20-12(14,15)16/h3-6,9-10H,2,17H2,1H3/t9?,10-/m1/s1. The molecule has 0 aliphatic carbocycles. The van der Waals surface area contributed by atoms with Gasteiger partial charge in [0.1, 0.15) is 5.75 Å². The molecule has 0 saturated heterocycles. The summed E-state index contributed by atoms with van der Waals surface area (Å²) in [6.45, 7) is 1.41. The van der Waals surface area contributed by atoms with Crippen LogP contribution in [0.15, 0.2) is 24.3 Å². The van der Waals surface area contributed by atoms with Gasteiger partial charge in [-0.05, 0) is 13.0 Å². The van der Waals surface area contributed by atoms with Gasteiger partial charge in [0.15, 0.2) is 0 Å². The lowest BCUT2D eigenvalue weighted by atomic mass is 10.0. The minimum Gasteiger partial charge on any atom is -0.464 e. The summed E-state index contributed by atoms with van der Waals surface area (Å²) in [6.07, 6.45) is -7.22. The summed E-state index contributed by atoms with van der Waals surface area (Å²) in [5.74, 6) is -1.89. The molecule has 1 unspecified atom stereocenters. The molecule has 0 heterocycles. The summed E-state index contributed by atoms with van der Waals surface area (Å²) in [5.41, 5.74) is 5.19. The number of rotatable bonds is 5. The quantitative estimate of drug-likeness (QED) is 0.669. The Morgan fingerprint density at radius 1 is 1.35 bits per heavy atom. The van der Waals surface area contributed by atoms with Gasteiger partial charge in [-0.1, -0.05) is 18.2 Å². The largest absolute Gasteiger partial charge is 0.573 e. The van der Waals surface area contributed by atoms with Crippen LogP contribution >= 0.6 is 0 Å². The predicted molar refractivity (Wildman–Crippen MR) is 61.6 cm³/mol. The summed E-state index contributed by atoms with van der Waals surface area (Å²) >= 11 is 0. The topological polar surface area (TPSA) is 61.5 Å². The van der Waals surface area contributed by atoms with Gasteiger partial charge >= 0.3 is 12.3 Å². The molecular weight excluding hydrogens is 282 g/mol. The van der Waals surface area contributed by atoms with Gasteiger partial charge in [0, 0.05) is 5.56 Å². The minimum atomic E-state index is -4.94. The first-order valence-corrected chi connectivity index (χ1v) is 5.67. The summed E-state index contributed by atoms with van der Waals surface area (Å²) in [7, 11) is 0. The first kappa shape index (κ1) is 16.2. The van der Waals surface area contributed by atoms with Crippen molar-refractivity contribution < 1.29 is 31.8 Å². The molecule has 0 bridgehead atoms. The number of hydrogen-bond donors (Lipinski definition) is 1. The molecule has 2 N–H and O–H groups in total. The van der Waals surface area contributed by atoms with Crippen molar-refractivity contribution in [1.29, 1.82) is 0 Å². The Balaban J connectivity index is 2.98. The smallest absolute Gasteiger partial charge is 0.464 e. The molecule has 0 spiro atoms. The Bertz CT molecular complexity index is 464. The zero-order valence-electron chi connectivity index (χ0n) is 10.5. The fraction of sp³-hybridized carbons (Fsp3) is 0.417. The number of halogens is 4. The molecule has 0 aliphatic heterocycles. The maximum absolute atomic E-state index is 13.7. The fourth-order valence-electron chi connectivity index (χ4n) is 1.50. The van der Waals surface area contributed by atoms with Crippen LogP contribution in [-0.2, 0) is 9.53 Å². The number of alkyl halides is 4. The van der Waals surface area contributed by atoms with E-state index in [9.17, 15) is 22.4 Å². The number of carbonyl (C=O) groups excluding carboxylic acids is 1. The van der Waals surface area contributed by atoms with Gasteiger partial charge in [0.2, 0.25) is 6.17 Å². The van der Waals surface area contributed by atoms with Crippen LogP contribution in [0.2, 0.25) is 0 Å². The van der Waals surface area contributed by atoms with Crippen molar-refractivity contribution >= 4 is 5.97 Å². The molecule has 0 amide bonds. The number of ether oxygens (including phenoxy) is 2. The van der Waals surface area contributed by atoms with Crippen molar-refractivity contribution in [3.8, 4) is 5.75 Å². The molecule has 0 fully saturated rings. The number of nitrogens with two attached hydrogens (primary N) is 1. The highest BCUT2D eigenvalue weighted by atomic mass is 19.4. The zero-order chi connectivity index (χ0) is 15.3. The van der Waals surface area contributed by atoms with Crippen LogP contribution in [0.1, 0.15) is 18.5 Å². The number of esters is 1. The third-order valence-electron chi connectivity index (χ3n) is 2.33. The van der Waals surface area contributed by atoms with Gasteiger partial charge in [-0.3, -0.25) is 0 Å². The van der Waals surface area contributed by atoms with Crippen LogP contribution in [0, 0.1) is 0 Å². The monoisotopic (exact) mass is 295 g/mol. The van der Waals surface area contributed by atoms with E-state index in [0.717, 1.165) is 12.1 Å². The van der Waals surface area contributed by atoms with E-state index in [2.05, 4.69) is 9.47 Å². The van der Waals surface area contributed by atoms with Crippen molar-refractivity contribution in [3.05, 3.63) is 29.8 Å². The van der Waals surface area contributed by atoms with E-state index in [1.165, 1.54) is 19.1 Å². The lowest BCUT2D eigenvalue weighted by Gasteiger charge is -2.19. The highest BCUT2D eigenvalue weighted by molar-refractivity contribution is 5.76. The van der Waals surface area contributed by atoms with Gasteiger partial charge in [0.05, 0.1) is 12.6 Å². The minimum absolute atomic E-state index is 0.0628. The Labute approximate surface area is 112 Å². The highest BCUT2D eigenvalue weighted by Gasteiger charge is 2.35. The lowest BCUT2D eigenvalue weighted by Crippen LogP contribution is -2.32. The number of hydrogen-bond acceptors (Lipinski definition) is 4. The summed E-state index contributed by atoms with van der Waals surface area (Å²) < 4.78 is 58.6. The van der Waals surface area contributed by atoms with Crippen LogP contribution in [-0.4, -0.2) is 25.1 Å². The van der Waals surface area contributed by atoms with E-state index >= 15 is 0 Å². The fourth-order valence-corrected chi connectivity index (χ4v) is 1.50. The Hall–Kier alpha value is -1.83. The normalized spacial score (nSPS) is 14.5. The average Bonchev–Trinajstić information content (AvgIpc) is 2.36. The van der Waals surface area contributed by atoms with E-state index in [-0.39, 0.29) is 12.2 Å². The van der Waals surface area contributed by atoms with Crippen molar-refractivity contribution in [1.82, 2.24) is 0 Å². The third kappa shape index (κ3) is 4.37. The molecule has 0 saturated carbocycles. The Morgan fingerprint density at radius 3 is 2.50 bits per heavy atom. The van der Waals surface area contributed by atoms with Gasteiger partial charge in [-0.15, -0.1) is 13.2 Å². The SMILES string of the molecule is CCOC(=O)C(F)[C@H](N)c1ccccc1OC(F)(F)F. The van der Waals surface area contributed by atoms with E-state index in [0.29, 0.717) is 0 Å². The van der Waals surface area contributed by atoms with Crippen LogP contribution in [0.3, 0.4) is 0 Å². The molecule has 112 valence electrons.